The first-order valence-corrected chi connectivity index (χ1v) is 12.4. The van der Waals surface area contributed by atoms with Gasteiger partial charge in [0.2, 0.25) is 0 Å². The Hall–Kier alpha value is -4.30. The lowest BCUT2D eigenvalue weighted by Gasteiger charge is -2.15. The number of benzene rings is 3. The Morgan fingerprint density at radius 3 is 2.32 bits per heavy atom. The number of rotatable bonds is 9. The van der Waals surface area contributed by atoms with Gasteiger partial charge in [0.05, 0.1) is 13.0 Å². The van der Waals surface area contributed by atoms with Gasteiger partial charge in [-0.05, 0) is 68.8 Å². The zero-order valence-corrected chi connectivity index (χ0v) is 22.0. The van der Waals surface area contributed by atoms with Gasteiger partial charge in [0.1, 0.15) is 29.0 Å². The van der Waals surface area contributed by atoms with Crippen molar-refractivity contribution in [2.45, 2.75) is 33.3 Å². The summed E-state index contributed by atoms with van der Waals surface area (Å²) in [5.74, 6) is 1.35. The van der Waals surface area contributed by atoms with E-state index in [1.807, 2.05) is 24.3 Å². The number of aromatic nitrogens is 1. The largest absolute Gasteiger partial charge is 0.466 e. The molecule has 0 aliphatic rings. The minimum absolute atomic E-state index is 0.211. The number of esters is 1. The Balaban J connectivity index is 1.40. The number of hydrogen-bond donors (Lipinski definition) is 1. The molecule has 0 bridgehead atoms. The number of amides is 1. The molecule has 38 heavy (non-hydrogen) atoms. The molecule has 8 nitrogen and oxygen atoms in total. The molecule has 1 heterocycles. The molecule has 0 spiro atoms. The molecule has 4 rings (SSSR count). The number of nitrogens with one attached hydrogen (secondary N) is 1. The van der Waals surface area contributed by atoms with Crippen LogP contribution in [0.15, 0.2) is 77.3 Å². The molecule has 1 N–H and O–H groups in total. The van der Waals surface area contributed by atoms with Crippen molar-refractivity contribution in [3.63, 3.8) is 0 Å². The molecule has 0 unspecified atom stereocenters. The van der Waals surface area contributed by atoms with Gasteiger partial charge >= 0.3 is 12.1 Å². The van der Waals surface area contributed by atoms with Crippen molar-refractivity contribution in [3.8, 4) is 22.8 Å². The second-order valence-electron chi connectivity index (χ2n) is 8.42. The zero-order chi connectivity index (χ0) is 27.1. The Bertz CT molecular complexity index is 1400. The van der Waals surface area contributed by atoms with Crippen molar-refractivity contribution >= 4 is 29.4 Å². The molecule has 4 aromatic rings. The maximum Gasteiger partial charge on any atom is 0.412 e. The smallest absolute Gasteiger partial charge is 0.412 e. The van der Waals surface area contributed by atoms with Gasteiger partial charge in [-0.3, -0.25) is 10.1 Å². The Kier molecular flexibility index (Phi) is 8.66. The summed E-state index contributed by atoms with van der Waals surface area (Å²) < 4.78 is 21.9. The highest BCUT2D eigenvalue weighted by molar-refractivity contribution is 6.31. The van der Waals surface area contributed by atoms with Crippen molar-refractivity contribution < 1.29 is 28.3 Å². The Morgan fingerprint density at radius 1 is 1.00 bits per heavy atom. The van der Waals surface area contributed by atoms with E-state index in [1.54, 1.807) is 69.3 Å². The van der Waals surface area contributed by atoms with Crippen molar-refractivity contribution in [2.75, 3.05) is 11.9 Å². The van der Waals surface area contributed by atoms with E-state index in [9.17, 15) is 9.59 Å². The van der Waals surface area contributed by atoms with E-state index in [0.717, 1.165) is 5.56 Å². The number of aryl methyl sites for hydroxylation is 1. The topological polar surface area (TPSA) is 99.9 Å². The van der Waals surface area contributed by atoms with Crippen LogP contribution in [-0.2, 0) is 20.7 Å². The lowest BCUT2D eigenvalue weighted by atomic mass is 10.1. The van der Waals surface area contributed by atoms with Crippen LogP contribution in [0.5, 0.6) is 11.5 Å². The number of hydrogen-bond acceptors (Lipinski definition) is 7. The fourth-order valence-corrected chi connectivity index (χ4v) is 4.03. The summed E-state index contributed by atoms with van der Waals surface area (Å²) in [6, 6.07) is 21.6. The summed E-state index contributed by atoms with van der Waals surface area (Å²) in [7, 11) is 0. The predicted molar refractivity (Wildman–Crippen MR) is 143 cm³/mol. The molecule has 0 fully saturated rings. The lowest BCUT2D eigenvalue weighted by Crippen LogP contribution is -2.17. The van der Waals surface area contributed by atoms with Crippen LogP contribution in [0.25, 0.3) is 11.3 Å². The van der Waals surface area contributed by atoms with Crippen LogP contribution in [0.1, 0.15) is 36.8 Å². The van der Waals surface area contributed by atoms with Gasteiger partial charge in [0.25, 0.3) is 0 Å². The predicted octanol–water partition coefficient (Wildman–Crippen LogP) is 7.51. The Labute approximate surface area is 225 Å². The van der Waals surface area contributed by atoms with Crippen LogP contribution < -0.4 is 10.1 Å². The van der Waals surface area contributed by atoms with Gasteiger partial charge in [-0.15, -0.1) is 0 Å². The second kappa shape index (κ2) is 12.3. The van der Waals surface area contributed by atoms with Crippen molar-refractivity contribution in [1.29, 1.82) is 0 Å². The van der Waals surface area contributed by atoms with Gasteiger partial charge in [-0.1, -0.05) is 47.1 Å². The van der Waals surface area contributed by atoms with Crippen LogP contribution in [0.4, 0.5) is 10.5 Å². The molecule has 1 amide bonds. The molecule has 0 radical (unpaired) electrons. The summed E-state index contributed by atoms with van der Waals surface area (Å²) in [6.45, 7) is 5.60. The van der Waals surface area contributed by atoms with Gasteiger partial charge < -0.3 is 18.7 Å². The SMILES string of the molecule is CCOC(=O)Cc1ccc(Oc2ccc(-c3onc(C)c3NC(=O)O[C@H](C)c3ccccc3Cl)cc2)cc1. The summed E-state index contributed by atoms with van der Waals surface area (Å²) in [5, 5.41) is 7.25. The second-order valence-corrected chi connectivity index (χ2v) is 8.83. The van der Waals surface area contributed by atoms with Crippen LogP contribution >= 0.6 is 11.6 Å². The summed E-state index contributed by atoms with van der Waals surface area (Å²) >= 11 is 6.21. The lowest BCUT2D eigenvalue weighted by molar-refractivity contribution is -0.142. The van der Waals surface area contributed by atoms with Gasteiger partial charge in [0, 0.05) is 16.1 Å². The molecule has 3 aromatic carbocycles. The van der Waals surface area contributed by atoms with E-state index in [-0.39, 0.29) is 12.4 Å². The average Bonchev–Trinajstić information content (AvgIpc) is 3.25. The van der Waals surface area contributed by atoms with Crippen LogP contribution in [0, 0.1) is 6.92 Å². The molecular formula is C29H27ClN2O6. The summed E-state index contributed by atoms with van der Waals surface area (Å²) in [6.07, 6.45) is -0.998. The molecule has 196 valence electrons. The maximum atomic E-state index is 12.6. The molecule has 1 aromatic heterocycles. The van der Waals surface area contributed by atoms with E-state index in [0.29, 0.717) is 51.4 Å². The van der Waals surface area contributed by atoms with Crippen LogP contribution in [-0.4, -0.2) is 23.8 Å². The van der Waals surface area contributed by atoms with Gasteiger partial charge in [-0.25, -0.2) is 4.79 Å². The molecule has 0 aliphatic heterocycles. The highest BCUT2D eigenvalue weighted by Gasteiger charge is 2.20. The van der Waals surface area contributed by atoms with Crippen molar-refractivity contribution in [1.82, 2.24) is 5.16 Å². The highest BCUT2D eigenvalue weighted by Crippen LogP contribution is 2.33. The number of nitrogens with zero attached hydrogens (tertiary/aromatic N) is 1. The molecule has 9 heteroatoms. The molecule has 1 atom stereocenters. The van der Waals surface area contributed by atoms with Gasteiger partial charge in [-0.2, -0.15) is 0 Å². The standard InChI is InChI=1S/C29H27ClN2O6/c1-4-35-26(33)17-20-9-13-22(14-10-20)37-23-15-11-21(12-16-23)28-27(18(2)32-38-28)31-29(34)36-19(3)24-7-5-6-8-25(24)30/h5-16,19H,4,17H2,1-3H3,(H,31,34)/t19-/m1/s1. The number of anilines is 1. The average molecular weight is 535 g/mol. The third-order valence-corrected chi connectivity index (χ3v) is 5.99. The third kappa shape index (κ3) is 6.72. The third-order valence-electron chi connectivity index (χ3n) is 5.65. The molecule has 0 aliphatic carbocycles. The maximum absolute atomic E-state index is 12.6. The van der Waals surface area contributed by atoms with E-state index in [1.165, 1.54) is 0 Å². The number of carbonyl (C=O) groups is 2. The number of ether oxygens (including phenoxy) is 3. The monoisotopic (exact) mass is 534 g/mol. The van der Waals surface area contributed by atoms with Crippen LogP contribution in [0.2, 0.25) is 5.02 Å². The first-order chi connectivity index (χ1) is 18.3. The number of halogens is 1. The minimum Gasteiger partial charge on any atom is -0.466 e. The molecule has 0 saturated carbocycles. The van der Waals surface area contributed by atoms with E-state index < -0.39 is 12.2 Å². The van der Waals surface area contributed by atoms with Crippen LogP contribution in [0.3, 0.4) is 0 Å². The fraction of sp³-hybridized carbons (Fsp3) is 0.207. The minimum atomic E-state index is -0.656. The number of carbonyl (C=O) groups excluding carboxylic acids is 2. The van der Waals surface area contributed by atoms with Gasteiger partial charge in [0.15, 0.2) is 5.76 Å². The zero-order valence-electron chi connectivity index (χ0n) is 21.2. The molecule has 0 saturated heterocycles. The first-order valence-electron chi connectivity index (χ1n) is 12.0. The van der Waals surface area contributed by atoms with E-state index in [4.69, 9.17) is 30.3 Å². The van der Waals surface area contributed by atoms with E-state index >= 15 is 0 Å². The normalized spacial score (nSPS) is 11.5. The first kappa shape index (κ1) is 26.8. The fourth-order valence-electron chi connectivity index (χ4n) is 3.74. The Morgan fingerprint density at radius 2 is 1.66 bits per heavy atom. The highest BCUT2D eigenvalue weighted by atomic mass is 35.5. The summed E-state index contributed by atoms with van der Waals surface area (Å²) in [4.78, 5) is 24.3. The molecular weight excluding hydrogens is 508 g/mol. The summed E-state index contributed by atoms with van der Waals surface area (Å²) in [5.41, 5.74) is 3.15. The quantitative estimate of drug-likeness (QED) is 0.222. The van der Waals surface area contributed by atoms with Crippen molar-refractivity contribution in [3.05, 3.63) is 94.6 Å². The van der Waals surface area contributed by atoms with Crippen molar-refractivity contribution in [2.24, 2.45) is 0 Å². The van der Waals surface area contributed by atoms with E-state index in [2.05, 4.69) is 10.5 Å².